The predicted molar refractivity (Wildman–Crippen MR) is 89.3 cm³/mol. The number of thiocarbonyl (C=S) groups is 1. The Balaban J connectivity index is 2.17. The molecule has 1 aromatic carbocycles. The predicted octanol–water partition coefficient (Wildman–Crippen LogP) is 1.61. The minimum Gasteiger partial charge on any atom is -0.392 e. The number of likely N-dealkylation sites (tertiary alicyclic amines) is 1. The minimum absolute atomic E-state index is 0.00556. The van der Waals surface area contributed by atoms with Gasteiger partial charge in [-0.15, -0.1) is 0 Å². The average molecular weight is 305 g/mol. The standard InChI is InChI=1S/C16H23N3OS/c1-18-10-6-9-13(11-18)19(2)16(20)14(15(17)21)12-7-4-3-5-8-12/h3-5,7-8,13-14H,6,9-11H2,1-2H3,(H2,17,21). The molecule has 1 aromatic rings. The molecule has 0 radical (unpaired) electrons. The Hall–Kier alpha value is -1.46. The second-order valence-corrected chi connectivity index (χ2v) is 6.22. The van der Waals surface area contributed by atoms with Crippen molar-refractivity contribution in [2.45, 2.75) is 24.8 Å². The number of nitrogens with zero attached hydrogens (tertiary/aromatic N) is 2. The number of benzene rings is 1. The number of piperidine rings is 1. The topological polar surface area (TPSA) is 49.6 Å². The zero-order chi connectivity index (χ0) is 15.4. The van der Waals surface area contributed by atoms with Crippen LogP contribution in [0.3, 0.4) is 0 Å². The van der Waals surface area contributed by atoms with Crippen LogP contribution in [0.4, 0.5) is 0 Å². The van der Waals surface area contributed by atoms with Gasteiger partial charge in [0, 0.05) is 19.6 Å². The highest BCUT2D eigenvalue weighted by molar-refractivity contribution is 7.80. The van der Waals surface area contributed by atoms with Crippen molar-refractivity contribution < 1.29 is 4.79 Å². The second-order valence-electron chi connectivity index (χ2n) is 5.75. The smallest absolute Gasteiger partial charge is 0.237 e. The summed E-state index contributed by atoms with van der Waals surface area (Å²) in [6, 6.07) is 9.77. The lowest BCUT2D eigenvalue weighted by Gasteiger charge is -2.37. The summed E-state index contributed by atoms with van der Waals surface area (Å²) in [5.74, 6) is -0.535. The van der Waals surface area contributed by atoms with Gasteiger partial charge in [0.25, 0.3) is 0 Å². The molecule has 1 fully saturated rings. The quantitative estimate of drug-likeness (QED) is 0.859. The van der Waals surface area contributed by atoms with Gasteiger partial charge in [-0.25, -0.2) is 0 Å². The van der Waals surface area contributed by atoms with E-state index in [0.29, 0.717) is 0 Å². The summed E-state index contributed by atoms with van der Waals surface area (Å²) in [6.45, 7) is 2.00. The molecule has 114 valence electrons. The molecule has 0 aromatic heterocycles. The lowest BCUT2D eigenvalue weighted by atomic mass is 9.96. The summed E-state index contributed by atoms with van der Waals surface area (Å²) in [5, 5.41) is 0. The normalized spacial score (nSPS) is 20.8. The summed E-state index contributed by atoms with van der Waals surface area (Å²) >= 11 is 5.14. The van der Waals surface area contributed by atoms with Crippen LogP contribution in [0.25, 0.3) is 0 Å². The van der Waals surface area contributed by atoms with Crippen molar-refractivity contribution in [1.29, 1.82) is 0 Å². The number of nitrogens with two attached hydrogens (primary N) is 1. The van der Waals surface area contributed by atoms with Crippen molar-refractivity contribution in [2.75, 3.05) is 27.2 Å². The van der Waals surface area contributed by atoms with Crippen LogP contribution in [0.2, 0.25) is 0 Å². The molecule has 0 saturated carbocycles. The first-order chi connectivity index (χ1) is 10.0. The Bertz CT molecular complexity index is 506. The molecule has 1 aliphatic rings. The van der Waals surface area contributed by atoms with Crippen molar-refractivity contribution >= 4 is 23.1 Å². The summed E-state index contributed by atoms with van der Waals surface area (Å²) in [5.41, 5.74) is 6.70. The highest BCUT2D eigenvalue weighted by atomic mass is 32.1. The van der Waals surface area contributed by atoms with Crippen molar-refractivity contribution in [3.05, 3.63) is 35.9 Å². The van der Waals surface area contributed by atoms with Gasteiger partial charge in [0.1, 0.15) is 5.92 Å². The highest BCUT2D eigenvalue weighted by Gasteiger charge is 2.31. The first-order valence-electron chi connectivity index (χ1n) is 7.30. The van der Waals surface area contributed by atoms with Gasteiger partial charge in [-0.05, 0) is 32.0 Å². The Labute approximate surface area is 131 Å². The summed E-state index contributed by atoms with van der Waals surface area (Å²) in [6.07, 6.45) is 2.15. The third-order valence-electron chi connectivity index (χ3n) is 4.16. The van der Waals surface area contributed by atoms with Crippen LogP contribution in [-0.4, -0.2) is 53.9 Å². The fourth-order valence-electron chi connectivity index (χ4n) is 2.91. The highest BCUT2D eigenvalue weighted by Crippen LogP contribution is 2.22. The molecule has 1 saturated heterocycles. The first kappa shape index (κ1) is 15.9. The molecule has 0 bridgehead atoms. The van der Waals surface area contributed by atoms with E-state index in [1.165, 1.54) is 0 Å². The van der Waals surface area contributed by atoms with E-state index in [-0.39, 0.29) is 16.9 Å². The number of likely N-dealkylation sites (N-methyl/N-ethyl adjacent to an activating group) is 2. The lowest BCUT2D eigenvalue weighted by Crippen LogP contribution is -2.49. The molecule has 0 spiro atoms. The zero-order valence-corrected chi connectivity index (χ0v) is 13.5. The lowest BCUT2D eigenvalue weighted by molar-refractivity contribution is -0.132. The van der Waals surface area contributed by atoms with Crippen molar-refractivity contribution in [2.24, 2.45) is 5.73 Å². The summed E-state index contributed by atoms with van der Waals surface area (Å²) in [4.78, 5) is 17.2. The SMILES string of the molecule is CN1CCCC(N(C)C(=O)C(C(N)=S)c2ccccc2)C1. The molecule has 2 atom stereocenters. The Morgan fingerprint density at radius 1 is 1.43 bits per heavy atom. The maximum atomic E-state index is 12.8. The Morgan fingerprint density at radius 3 is 2.67 bits per heavy atom. The van der Waals surface area contributed by atoms with Gasteiger partial charge in [-0.1, -0.05) is 42.5 Å². The largest absolute Gasteiger partial charge is 0.392 e. The third kappa shape index (κ3) is 3.80. The number of hydrogen-bond donors (Lipinski definition) is 1. The van der Waals surface area contributed by atoms with E-state index >= 15 is 0 Å². The van der Waals surface area contributed by atoms with Crippen molar-refractivity contribution in [3.8, 4) is 0 Å². The molecular weight excluding hydrogens is 282 g/mol. The van der Waals surface area contributed by atoms with Gasteiger partial charge in [0.05, 0.1) is 4.99 Å². The monoisotopic (exact) mass is 305 g/mol. The second kappa shape index (κ2) is 7.00. The van der Waals surface area contributed by atoms with Crippen molar-refractivity contribution in [3.63, 3.8) is 0 Å². The number of carbonyl (C=O) groups excluding carboxylic acids is 1. The summed E-state index contributed by atoms with van der Waals surface area (Å²) < 4.78 is 0. The van der Waals surface area contributed by atoms with Gasteiger partial charge >= 0.3 is 0 Å². The van der Waals surface area contributed by atoms with Crippen LogP contribution in [0, 0.1) is 0 Å². The molecule has 2 rings (SSSR count). The van der Waals surface area contributed by atoms with Crippen LogP contribution >= 0.6 is 12.2 Å². The maximum absolute atomic E-state index is 12.8. The van der Waals surface area contributed by atoms with Crippen LogP contribution in [-0.2, 0) is 4.79 Å². The van der Waals surface area contributed by atoms with Gasteiger partial charge in [0.15, 0.2) is 0 Å². The number of amides is 1. The van der Waals surface area contributed by atoms with Gasteiger partial charge in [-0.3, -0.25) is 4.79 Å². The van der Waals surface area contributed by atoms with Gasteiger partial charge in [-0.2, -0.15) is 0 Å². The minimum atomic E-state index is -0.529. The van der Waals surface area contributed by atoms with Crippen LogP contribution in [0.5, 0.6) is 0 Å². The fraction of sp³-hybridized carbons (Fsp3) is 0.500. The molecule has 0 aliphatic carbocycles. The van der Waals surface area contributed by atoms with E-state index in [1.807, 2.05) is 42.3 Å². The zero-order valence-electron chi connectivity index (χ0n) is 12.7. The molecule has 1 heterocycles. The Kier molecular flexibility index (Phi) is 5.31. The molecule has 21 heavy (non-hydrogen) atoms. The van der Waals surface area contributed by atoms with E-state index in [4.69, 9.17) is 18.0 Å². The van der Waals surface area contributed by atoms with E-state index in [1.54, 1.807) is 0 Å². The van der Waals surface area contributed by atoms with E-state index in [9.17, 15) is 4.79 Å². The van der Waals surface area contributed by atoms with E-state index in [0.717, 1.165) is 31.5 Å². The number of rotatable bonds is 4. The van der Waals surface area contributed by atoms with E-state index < -0.39 is 5.92 Å². The van der Waals surface area contributed by atoms with Crippen molar-refractivity contribution in [1.82, 2.24) is 9.80 Å². The molecule has 1 aliphatic heterocycles. The summed E-state index contributed by atoms with van der Waals surface area (Å²) in [7, 11) is 3.95. The first-order valence-corrected chi connectivity index (χ1v) is 7.71. The molecule has 4 nitrogen and oxygen atoms in total. The number of hydrogen-bond acceptors (Lipinski definition) is 3. The molecule has 2 unspecified atom stereocenters. The van der Waals surface area contributed by atoms with Gasteiger partial charge in [0.2, 0.25) is 5.91 Å². The third-order valence-corrected chi connectivity index (χ3v) is 4.40. The Morgan fingerprint density at radius 2 is 2.10 bits per heavy atom. The average Bonchev–Trinajstić information content (AvgIpc) is 2.47. The number of carbonyl (C=O) groups is 1. The molecule has 1 amide bonds. The maximum Gasteiger partial charge on any atom is 0.237 e. The molecule has 5 heteroatoms. The van der Waals surface area contributed by atoms with Crippen LogP contribution in [0.15, 0.2) is 30.3 Å². The van der Waals surface area contributed by atoms with Crippen LogP contribution in [0.1, 0.15) is 24.3 Å². The molecular formula is C16H23N3OS. The molecule has 2 N–H and O–H groups in total. The van der Waals surface area contributed by atoms with Gasteiger partial charge < -0.3 is 15.5 Å². The van der Waals surface area contributed by atoms with E-state index in [2.05, 4.69) is 11.9 Å². The van der Waals surface area contributed by atoms with Crippen LogP contribution < -0.4 is 5.73 Å². The fourth-order valence-corrected chi connectivity index (χ4v) is 3.15.